The zero-order valence-electron chi connectivity index (χ0n) is 14.3. The van der Waals surface area contributed by atoms with Crippen molar-refractivity contribution in [1.82, 2.24) is 15.3 Å². The number of amides is 1. The number of aromatic amines is 1. The Labute approximate surface area is 141 Å². The highest BCUT2D eigenvalue weighted by atomic mass is 16.5. The van der Waals surface area contributed by atoms with Gasteiger partial charge in [0, 0.05) is 32.6 Å². The zero-order chi connectivity index (χ0) is 17.4. The van der Waals surface area contributed by atoms with Crippen LogP contribution in [0.15, 0.2) is 29.1 Å². The lowest BCUT2D eigenvalue weighted by Crippen LogP contribution is -2.26. The van der Waals surface area contributed by atoms with Crippen LogP contribution in [-0.2, 0) is 16.0 Å². The van der Waals surface area contributed by atoms with Gasteiger partial charge in [-0.15, -0.1) is 0 Å². The van der Waals surface area contributed by atoms with Gasteiger partial charge in [-0.2, -0.15) is 0 Å². The molecule has 1 aromatic heterocycles. The third kappa shape index (κ3) is 5.77. The van der Waals surface area contributed by atoms with E-state index in [9.17, 15) is 9.59 Å². The maximum Gasteiger partial charge on any atom is 0.258 e. The first kappa shape index (κ1) is 18.1. The van der Waals surface area contributed by atoms with E-state index in [4.69, 9.17) is 4.74 Å². The van der Waals surface area contributed by atoms with Crippen LogP contribution in [0.2, 0.25) is 0 Å². The molecule has 2 N–H and O–H groups in total. The molecular formula is C18H25N3O3. The summed E-state index contributed by atoms with van der Waals surface area (Å²) in [7, 11) is 0. The molecule has 0 saturated carbocycles. The van der Waals surface area contributed by atoms with E-state index in [-0.39, 0.29) is 11.5 Å². The minimum atomic E-state index is -0.168. The van der Waals surface area contributed by atoms with E-state index in [0.29, 0.717) is 48.6 Å². The number of nitrogens with zero attached hydrogens (tertiary/aromatic N) is 1. The third-order valence-electron chi connectivity index (χ3n) is 3.49. The topological polar surface area (TPSA) is 84.1 Å². The highest BCUT2D eigenvalue weighted by Crippen LogP contribution is 2.06. The van der Waals surface area contributed by atoms with Crippen molar-refractivity contribution < 1.29 is 9.53 Å². The second-order valence-electron chi connectivity index (χ2n) is 6.20. The number of ether oxygens (including phenoxy) is 1. The van der Waals surface area contributed by atoms with Crippen molar-refractivity contribution in [3.8, 4) is 0 Å². The van der Waals surface area contributed by atoms with Gasteiger partial charge in [0.2, 0.25) is 5.91 Å². The number of para-hydroxylation sites is 1. The molecule has 2 aromatic rings. The van der Waals surface area contributed by atoms with Crippen molar-refractivity contribution in [1.29, 1.82) is 0 Å². The van der Waals surface area contributed by atoms with Crippen molar-refractivity contribution in [2.45, 2.75) is 33.1 Å². The first-order chi connectivity index (χ1) is 11.6. The normalized spacial score (nSPS) is 11.1. The number of carbonyl (C=O) groups excluding carboxylic acids is 1. The number of aryl methyl sites for hydroxylation is 1. The second kappa shape index (κ2) is 9.17. The molecule has 6 heteroatoms. The molecule has 0 atom stereocenters. The van der Waals surface area contributed by atoms with Gasteiger partial charge >= 0.3 is 0 Å². The van der Waals surface area contributed by atoms with Crippen molar-refractivity contribution in [3.63, 3.8) is 0 Å². The fourth-order valence-corrected chi connectivity index (χ4v) is 2.29. The highest BCUT2D eigenvalue weighted by molar-refractivity contribution is 5.77. The summed E-state index contributed by atoms with van der Waals surface area (Å²) in [6.45, 7) is 6.20. The first-order valence-corrected chi connectivity index (χ1v) is 8.38. The summed E-state index contributed by atoms with van der Waals surface area (Å²) in [6.07, 6.45) is 1.51. The quantitative estimate of drug-likeness (QED) is 0.689. The summed E-state index contributed by atoms with van der Waals surface area (Å²) in [5.74, 6) is 1.01. The SMILES string of the molecule is CC(C)COCCCNC(=O)CCc1nc2ccccc2c(=O)[nH]1. The molecule has 0 spiro atoms. The van der Waals surface area contributed by atoms with Crippen LogP contribution in [-0.4, -0.2) is 35.6 Å². The molecule has 24 heavy (non-hydrogen) atoms. The highest BCUT2D eigenvalue weighted by Gasteiger charge is 2.06. The molecule has 0 bridgehead atoms. The Morgan fingerprint density at radius 2 is 2.12 bits per heavy atom. The summed E-state index contributed by atoms with van der Waals surface area (Å²) < 4.78 is 5.46. The Morgan fingerprint density at radius 1 is 1.33 bits per heavy atom. The molecule has 0 fully saturated rings. The largest absolute Gasteiger partial charge is 0.381 e. The number of nitrogens with one attached hydrogen (secondary N) is 2. The summed E-state index contributed by atoms with van der Waals surface area (Å²) in [5.41, 5.74) is 0.484. The lowest BCUT2D eigenvalue weighted by atomic mass is 10.2. The fourth-order valence-electron chi connectivity index (χ4n) is 2.29. The Morgan fingerprint density at radius 3 is 2.92 bits per heavy atom. The van der Waals surface area contributed by atoms with Crippen LogP contribution < -0.4 is 10.9 Å². The lowest BCUT2D eigenvalue weighted by Gasteiger charge is -2.08. The maximum absolute atomic E-state index is 12.0. The van der Waals surface area contributed by atoms with Crippen LogP contribution in [0.1, 0.15) is 32.5 Å². The number of hydrogen-bond donors (Lipinski definition) is 2. The van der Waals surface area contributed by atoms with Gasteiger partial charge in [-0.3, -0.25) is 9.59 Å². The number of rotatable bonds is 9. The van der Waals surface area contributed by atoms with Crippen LogP contribution in [0.25, 0.3) is 10.9 Å². The minimum absolute atomic E-state index is 0.0466. The molecular weight excluding hydrogens is 306 g/mol. The van der Waals surface area contributed by atoms with Crippen molar-refractivity contribution in [3.05, 3.63) is 40.4 Å². The standard InChI is InChI=1S/C18H25N3O3/c1-13(2)12-24-11-5-10-19-17(22)9-8-16-20-15-7-4-3-6-14(15)18(23)21-16/h3-4,6-7,13H,5,8-12H2,1-2H3,(H,19,22)(H,20,21,23). The Hall–Kier alpha value is -2.21. The number of fused-ring (bicyclic) bond motifs is 1. The predicted molar refractivity (Wildman–Crippen MR) is 94.0 cm³/mol. The van der Waals surface area contributed by atoms with Crippen molar-refractivity contribution >= 4 is 16.8 Å². The average molecular weight is 331 g/mol. The van der Waals surface area contributed by atoms with Crippen LogP contribution >= 0.6 is 0 Å². The van der Waals surface area contributed by atoms with Gasteiger partial charge in [-0.1, -0.05) is 26.0 Å². The van der Waals surface area contributed by atoms with Crippen LogP contribution in [0.3, 0.4) is 0 Å². The molecule has 1 amide bonds. The molecule has 1 heterocycles. The first-order valence-electron chi connectivity index (χ1n) is 8.38. The maximum atomic E-state index is 12.0. The smallest absolute Gasteiger partial charge is 0.258 e. The van der Waals surface area contributed by atoms with Gasteiger partial charge in [-0.05, 0) is 24.5 Å². The van der Waals surface area contributed by atoms with Crippen LogP contribution in [0.4, 0.5) is 0 Å². The molecule has 0 saturated heterocycles. The summed E-state index contributed by atoms with van der Waals surface area (Å²) >= 11 is 0. The van der Waals surface area contributed by atoms with E-state index in [1.165, 1.54) is 0 Å². The minimum Gasteiger partial charge on any atom is -0.381 e. The number of carbonyl (C=O) groups is 1. The van der Waals surface area contributed by atoms with E-state index in [1.54, 1.807) is 18.2 Å². The molecule has 2 rings (SSSR count). The third-order valence-corrected chi connectivity index (χ3v) is 3.49. The Kier molecular flexibility index (Phi) is 6.93. The predicted octanol–water partition coefficient (Wildman–Crippen LogP) is 2.03. The van der Waals surface area contributed by atoms with Gasteiger partial charge in [0.25, 0.3) is 5.56 Å². The van der Waals surface area contributed by atoms with E-state index < -0.39 is 0 Å². The number of aromatic nitrogens is 2. The molecule has 6 nitrogen and oxygen atoms in total. The number of benzene rings is 1. The van der Waals surface area contributed by atoms with Gasteiger partial charge < -0.3 is 15.0 Å². The average Bonchev–Trinajstić information content (AvgIpc) is 2.56. The molecule has 130 valence electrons. The summed E-state index contributed by atoms with van der Waals surface area (Å²) in [6, 6.07) is 7.17. The van der Waals surface area contributed by atoms with Crippen LogP contribution in [0.5, 0.6) is 0 Å². The van der Waals surface area contributed by atoms with E-state index in [2.05, 4.69) is 29.1 Å². The van der Waals surface area contributed by atoms with E-state index in [1.807, 2.05) is 6.07 Å². The van der Waals surface area contributed by atoms with Gasteiger partial charge in [0.05, 0.1) is 10.9 Å². The Balaban J connectivity index is 1.73. The summed E-state index contributed by atoms with van der Waals surface area (Å²) in [4.78, 5) is 30.9. The molecule has 0 aliphatic carbocycles. The van der Waals surface area contributed by atoms with Gasteiger partial charge in [-0.25, -0.2) is 4.98 Å². The van der Waals surface area contributed by atoms with Crippen LogP contribution in [0, 0.1) is 5.92 Å². The lowest BCUT2D eigenvalue weighted by molar-refractivity contribution is -0.121. The molecule has 0 radical (unpaired) electrons. The zero-order valence-corrected chi connectivity index (χ0v) is 14.3. The molecule has 1 aromatic carbocycles. The molecule has 0 aliphatic heterocycles. The fraction of sp³-hybridized carbons (Fsp3) is 0.500. The van der Waals surface area contributed by atoms with Gasteiger partial charge in [0.1, 0.15) is 5.82 Å². The van der Waals surface area contributed by atoms with E-state index >= 15 is 0 Å². The van der Waals surface area contributed by atoms with E-state index in [0.717, 1.165) is 13.0 Å². The number of hydrogen-bond acceptors (Lipinski definition) is 4. The number of H-pyrrole nitrogens is 1. The van der Waals surface area contributed by atoms with Crippen molar-refractivity contribution in [2.24, 2.45) is 5.92 Å². The summed E-state index contributed by atoms with van der Waals surface area (Å²) in [5, 5.41) is 3.42. The van der Waals surface area contributed by atoms with Gasteiger partial charge in [0.15, 0.2) is 0 Å². The molecule has 0 unspecified atom stereocenters. The van der Waals surface area contributed by atoms with Crippen molar-refractivity contribution in [2.75, 3.05) is 19.8 Å². The monoisotopic (exact) mass is 331 g/mol. The Bertz CT molecular complexity index is 725. The second-order valence-corrected chi connectivity index (χ2v) is 6.20. The molecule has 0 aliphatic rings.